The molecule has 1 unspecified atom stereocenters. The Kier molecular flexibility index (Phi) is 2.65. The summed E-state index contributed by atoms with van der Waals surface area (Å²) in [6.45, 7) is 3.04. The molecule has 0 aromatic rings. The lowest BCUT2D eigenvalue weighted by molar-refractivity contribution is -0.132. The number of hydrogen-bond donors (Lipinski definition) is 1. The third kappa shape index (κ3) is 2.35. The molecule has 1 N–H and O–H groups in total. The summed E-state index contributed by atoms with van der Waals surface area (Å²) in [6.07, 6.45) is 2.72. The van der Waals surface area contributed by atoms with Gasteiger partial charge in [0.05, 0.1) is 6.61 Å². The Morgan fingerprint density at radius 1 is 1.73 bits per heavy atom. The van der Waals surface area contributed by atoms with Crippen LogP contribution in [0.1, 0.15) is 13.3 Å². The molecule has 1 atom stereocenters. The van der Waals surface area contributed by atoms with Gasteiger partial charge in [0.1, 0.15) is 0 Å². The molecule has 0 aromatic heterocycles. The lowest BCUT2D eigenvalue weighted by Crippen LogP contribution is -2.01. The molecule has 0 bridgehead atoms. The van der Waals surface area contributed by atoms with Gasteiger partial charge in [-0.3, -0.25) is 0 Å². The third-order valence-electron chi connectivity index (χ3n) is 1.79. The number of carboxylic acid groups (broad SMARTS) is 1. The van der Waals surface area contributed by atoms with Crippen LogP contribution in [0.3, 0.4) is 0 Å². The zero-order chi connectivity index (χ0) is 8.27. The van der Waals surface area contributed by atoms with Crippen molar-refractivity contribution in [2.45, 2.75) is 13.3 Å². The van der Waals surface area contributed by atoms with E-state index in [1.165, 1.54) is 0 Å². The Bertz CT molecular complexity index is 178. The van der Waals surface area contributed by atoms with E-state index in [1.54, 1.807) is 13.0 Å². The molecular weight excluding hydrogens is 144 g/mol. The van der Waals surface area contributed by atoms with Crippen molar-refractivity contribution in [1.29, 1.82) is 0 Å². The number of ether oxygens (including phenoxy) is 1. The molecular formula is C8H12O3. The first-order chi connectivity index (χ1) is 5.20. The lowest BCUT2D eigenvalue weighted by Gasteiger charge is -1.99. The van der Waals surface area contributed by atoms with E-state index in [4.69, 9.17) is 9.84 Å². The highest BCUT2D eigenvalue weighted by molar-refractivity contribution is 5.85. The van der Waals surface area contributed by atoms with E-state index in [2.05, 4.69) is 0 Å². The van der Waals surface area contributed by atoms with Crippen LogP contribution in [0, 0.1) is 5.92 Å². The number of aliphatic carboxylic acids is 1. The monoisotopic (exact) mass is 156 g/mol. The molecule has 0 radical (unpaired) electrons. The molecule has 1 rings (SSSR count). The zero-order valence-electron chi connectivity index (χ0n) is 6.54. The average Bonchev–Trinajstić information content (AvgIpc) is 2.39. The molecule has 3 heteroatoms. The standard InChI is InChI=1S/C8H12O3/c1-6(8(9)10)4-7-2-3-11-5-7/h4,7H,2-3,5H2,1H3,(H,9,10)/b6-4+. The van der Waals surface area contributed by atoms with Crippen molar-refractivity contribution in [1.82, 2.24) is 0 Å². The summed E-state index contributed by atoms with van der Waals surface area (Å²) in [4.78, 5) is 10.4. The predicted molar refractivity (Wildman–Crippen MR) is 40.3 cm³/mol. The van der Waals surface area contributed by atoms with E-state index in [1.807, 2.05) is 0 Å². The summed E-state index contributed by atoms with van der Waals surface area (Å²) >= 11 is 0. The van der Waals surface area contributed by atoms with Crippen molar-refractivity contribution in [2.75, 3.05) is 13.2 Å². The third-order valence-corrected chi connectivity index (χ3v) is 1.79. The maximum absolute atomic E-state index is 10.4. The minimum Gasteiger partial charge on any atom is -0.478 e. The van der Waals surface area contributed by atoms with Crippen LogP contribution < -0.4 is 0 Å². The van der Waals surface area contributed by atoms with Crippen molar-refractivity contribution in [3.63, 3.8) is 0 Å². The summed E-state index contributed by atoms with van der Waals surface area (Å²) < 4.78 is 5.10. The summed E-state index contributed by atoms with van der Waals surface area (Å²) in [5.41, 5.74) is 0.417. The van der Waals surface area contributed by atoms with Crippen molar-refractivity contribution in [3.8, 4) is 0 Å². The van der Waals surface area contributed by atoms with Crippen LogP contribution >= 0.6 is 0 Å². The smallest absolute Gasteiger partial charge is 0.330 e. The summed E-state index contributed by atoms with van der Waals surface area (Å²) in [5.74, 6) is -0.525. The normalized spacial score (nSPS) is 25.5. The molecule has 1 aliphatic heterocycles. The Morgan fingerprint density at radius 2 is 2.45 bits per heavy atom. The van der Waals surface area contributed by atoms with E-state index in [0.717, 1.165) is 13.0 Å². The molecule has 0 aliphatic carbocycles. The topological polar surface area (TPSA) is 46.5 Å². The van der Waals surface area contributed by atoms with Gasteiger partial charge in [0.2, 0.25) is 0 Å². The van der Waals surface area contributed by atoms with Crippen molar-refractivity contribution >= 4 is 5.97 Å². The Balaban J connectivity index is 2.49. The van der Waals surface area contributed by atoms with E-state index in [9.17, 15) is 4.79 Å². The van der Waals surface area contributed by atoms with E-state index in [0.29, 0.717) is 18.1 Å². The Labute approximate surface area is 65.7 Å². The van der Waals surface area contributed by atoms with Gasteiger partial charge in [0.15, 0.2) is 0 Å². The first-order valence-corrected chi connectivity index (χ1v) is 3.69. The fourth-order valence-electron chi connectivity index (χ4n) is 1.11. The van der Waals surface area contributed by atoms with E-state index in [-0.39, 0.29) is 0 Å². The molecule has 1 aliphatic rings. The molecule has 0 amide bonds. The van der Waals surface area contributed by atoms with Crippen LogP contribution in [0.25, 0.3) is 0 Å². The van der Waals surface area contributed by atoms with Gasteiger partial charge in [-0.15, -0.1) is 0 Å². The first kappa shape index (κ1) is 8.27. The van der Waals surface area contributed by atoms with E-state index >= 15 is 0 Å². The number of hydrogen-bond acceptors (Lipinski definition) is 2. The van der Waals surface area contributed by atoms with Crippen LogP contribution in [0.4, 0.5) is 0 Å². The second-order valence-corrected chi connectivity index (χ2v) is 2.78. The van der Waals surface area contributed by atoms with Crippen LogP contribution in [-0.2, 0) is 9.53 Å². The van der Waals surface area contributed by atoms with Gasteiger partial charge in [0, 0.05) is 18.1 Å². The Morgan fingerprint density at radius 3 is 2.91 bits per heavy atom. The van der Waals surface area contributed by atoms with Gasteiger partial charge in [0.25, 0.3) is 0 Å². The van der Waals surface area contributed by atoms with Gasteiger partial charge in [-0.1, -0.05) is 6.08 Å². The molecule has 0 saturated carbocycles. The highest BCUT2D eigenvalue weighted by Gasteiger charge is 2.14. The summed E-state index contributed by atoms with van der Waals surface area (Å²) in [6, 6.07) is 0. The molecule has 3 nitrogen and oxygen atoms in total. The largest absolute Gasteiger partial charge is 0.478 e. The fourth-order valence-corrected chi connectivity index (χ4v) is 1.11. The Hall–Kier alpha value is -0.830. The minimum absolute atomic E-state index is 0.311. The number of rotatable bonds is 2. The summed E-state index contributed by atoms with van der Waals surface area (Å²) in [5, 5.41) is 8.53. The number of carboxylic acids is 1. The highest BCUT2D eigenvalue weighted by Crippen LogP contribution is 2.15. The van der Waals surface area contributed by atoms with Crippen molar-refractivity contribution in [3.05, 3.63) is 11.6 Å². The zero-order valence-corrected chi connectivity index (χ0v) is 6.54. The second-order valence-electron chi connectivity index (χ2n) is 2.78. The average molecular weight is 156 g/mol. The number of carbonyl (C=O) groups is 1. The molecule has 1 fully saturated rings. The molecule has 0 aromatic carbocycles. The second kappa shape index (κ2) is 3.53. The van der Waals surface area contributed by atoms with Gasteiger partial charge in [-0.25, -0.2) is 4.79 Å². The first-order valence-electron chi connectivity index (χ1n) is 3.69. The van der Waals surface area contributed by atoms with Crippen molar-refractivity contribution in [2.24, 2.45) is 5.92 Å². The van der Waals surface area contributed by atoms with Gasteiger partial charge in [-0.05, 0) is 13.3 Å². The van der Waals surface area contributed by atoms with Gasteiger partial charge in [-0.2, -0.15) is 0 Å². The SMILES string of the molecule is C/C(=C\C1CCOC1)C(=O)O. The molecule has 1 saturated heterocycles. The van der Waals surface area contributed by atoms with Gasteiger partial charge >= 0.3 is 5.97 Å². The van der Waals surface area contributed by atoms with Crippen molar-refractivity contribution < 1.29 is 14.6 Å². The molecule has 0 spiro atoms. The molecule has 11 heavy (non-hydrogen) atoms. The van der Waals surface area contributed by atoms with E-state index < -0.39 is 5.97 Å². The van der Waals surface area contributed by atoms with Crippen LogP contribution in [0.2, 0.25) is 0 Å². The molecule has 62 valence electrons. The maximum atomic E-state index is 10.4. The lowest BCUT2D eigenvalue weighted by atomic mass is 10.1. The quantitative estimate of drug-likeness (QED) is 0.608. The van der Waals surface area contributed by atoms with Crippen LogP contribution in [0.15, 0.2) is 11.6 Å². The highest BCUT2D eigenvalue weighted by atomic mass is 16.5. The van der Waals surface area contributed by atoms with Crippen LogP contribution in [-0.4, -0.2) is 24.3 Å². The predicted octanol–water partition coefficient (Wildman–Crippen LogP) is 1.05. The minimum atomic E-state index is -0.836. The fraction of sp³-hybridized carbons (Fsp3) is 0.625. The maximum Gasteiger partial charge on any atom is 0.330 e. The van der Waals surface area contributed by atoms with Crippen LogP contribution in [0.5, 0.6) is 0 Å². The van der Waals surface area contributed by atoms with Gasteiger partial charge < -0.3 is 9.84 Å². The summed E-state index contributed by atoms with van der Waals surface area (Å²) in [7, 11) is 0. The molecule has 1 heterocycles.